The molecule has 0 saturated carbocycles. The van der Waals surface area contributed by atoms with Crippen LogP contribution in [0.2, 0.25) is 0 Å². The molecule has 6 heteroatoms. The van der Waals surface area contributed by atoms with Crippen molar-refractivity contribution in [1.29, 1.82) is 0 Å². The van der Waals surface area contributed by atoms with Crippen LogP contribution in [0, 0.1) is 12.8 Å². The second-order valence-electron chi connectivity index (χ2n) is 6.41. The number of fused-ring (bicyclic) bond motifs is 1. The fourth-order valence-corrected chi connectivity index (χ4v) is 3.40. The van der Waals surface area contributed by atoms with Gasteiger partial charge in [-0.15, -0.1) is 0 Å². The molecule has 0 radical (unpaired) electrons. The fraction of sp³-hybridized carbons (Fsp3) is 0.353. The van der Waals surface area contributed by atoms with Crippen LogP contribution in [-0.2, 0) is 4.79 Å². The molecule has 0 saturated heterocycles. The van der Waals surface area contributed by atoms with Gasteiger partial charge in [0.25, 0.3) is 0 Å². The Morgan fingerprint density at radius 1 is 1.22 bits per heavy atom. The third-order valence-electron chi connectivity index (χ3n) is 4.41. The first-order valence-corrected chi connectivity index (χ1v) is 7.80. The number of nitrogens with one attached hydrogen (secondary N) is 2. The number of Topliss-reactive ketones (excluding diaryl/α,β-unsaturated/α-hetero) is 1. The summed E-state index contributed by atoms with van der Waals surface area (Å²) in [6.45, 7) is 4.13. The molecule has 1 aliphatic heterocycles. The van der Waals surface area contributed by atoms with Gasteiger partial charge in [-0.05, 0) is 35.1 Å². The summed E-state index contributed by atoms with van der Waals surface area (Å²) in [7, 11) is 0. The zero-order valence-corrected chi connectivity index (χ0v) is 13.1. The van der Waals surface area contributed by atoms with Gasteiger partial charge in [-0.2, -0.15) is 0 Å². The highest BCUT2D eigenvalue weighted by atomic mass is 16.6. The summed E-state index contributed by atoms with van der Waals surface area (Å²) in [5, 5.41) is 14.4. The molecule has 118 valence electrons. The van der Waals surface area contributed by atoms with Crippen LogP contribution in [-0.4, -0.2) is 16.1 Å². The normalized spacial score (nSPS) is 23.5. The summed E-state index contributed by atoms with van der Waals surface area (Å²) in [5.74, 6) is 1.56. The maximum absolute atomic E-state index is 12.7. The second kappa shape index (κ2) is 5.22. The number of carbonyl (C=O) groups excluding carboxylic acids is 1. The number of rotatable bonds is 1. The Kier molecular flexibility index (Phi) is 3.18. The Balaban J connectivity index is 1.87. The number of aryl methyl sites for hydroxylation is 1. The molecular formula is C17H18N4O2. The highest BCUT2D eigenvalue weighted by molar-refractivity contribution is 6.00. The molecule has 23 heavy (non-hydrogen) atoms. The lowest BCUT2D eigenvalue weighted by molar-refractivity contribution is -0.117. The minimum atomic E-state index is -0.245. The summed E-state index contributed by atoms with van der Waals surface area (Å²) in [5.41, 5.74) is 3.90. The van der Waals surface area contributed by atoms with Crippen LogP contribution >= 0.6 is 0 Å². The molecule has 2 N–H and O–H groups in total. The topological polar surface area (TPSA) is 80.1 Å². The Morgan fingerprint density at radius 3 is 2.87 bits per heavy atom. The first-order valence-electron chi connectivity index (χ1n) is 7.80. The largest absolute Gasteiger partial charge is 0.353 e. The summed E-state index contributed by atoms with van der Waals surface area (Å²) in [6, 6.07) is 7.92. The van der Waals surface area contributed by atoms with E-state index in [1.807, 2.05) is 25.1 Å². The maximum atomic E-state index is 12.7. The predicted octanol–water partition coefficient (Wildman–Crippen LogP) is 3.21. The molecule has 0 spiro atoms. The quantitative estimate of drug-likeness (QED) is 0.842. The van der Waals surface area contributed by atoms with E-state index >= 15 is 0 Å². The first kappa shape index (κ1) is 14.0. The zero-order chi connectivity index (χ0) is 16.0. The van der Waals surface area contributed by atoms with Crippen molar-refractivity contribution in [3.05, 3.63) is 46.7 Å². The number of hydrogen-bond acceptors (Lipinski definition) is 6. The molecule has 1 aromatic carbocycles. The van der Waals surface area contributed by atoms with Gasteiger partial charge in [0.05, 0.1) is 6.04 Å². The minimum Gasteiger partial charge on any atom is -0.353 e. The van der Waals surface area contributed by atoms with Crippen molar-refractivity contribution in [1.82, 2.24) is 10.3 Å². The lowest BCUT2D eigenvalue weighted by Crippen LogP contribution is -2.26. The summed E-state index contributed by atoms with van der Waals surface area (Å²) in [4.78, 5) is 12.7. The van der Waals surface area contributed by atoms with Crippen molar-refractivity contribution in [2.45, 2.75) is 32.7 Å². The Bertz CT molecular complexity index is 808. The maximum Gasteiger partial charge on any atom is 0.219 e. The van der Waals surface area contributed by atoms with Crippen LogP contribution in [0.5, 0.6) is 0 Å². The highest BCUT2D eigenvalue weighted by Gasteiger charge is 2.35. The van der Waals surface area contributed by atoms with Gasteiger partial charge in [-0.3, -0.25) is 4.79 Å². The minimum absolute atomic E-state index is 0.173. The van der Waals surface area contributed by atoms with E-state index in [0.29, 0.717) is 24.0 Å². The molecule has 0 bridgehead atoms. The summed E-state index contributed by atoms with van der Waals surface area (Å²) < 4.78 is 4.83. The van der Waals surface area contributed by atoms with E-state index in [-0.39, 0.29) is 11.8 Å². The van der Waals surface area contributed by atoms with Gasteiger partial charge in [0.15, 0.2) is 5.78 Å². The van der Waals surface area contributed by atoms with Crippen LogP contribution in [0.3, 0.4) is 0 Å². The molecule has 0 amide bonds. The van der Waals surface area contributed by atoms with E-state index in [9.17, 15) is 4.79 Å². The van der Waals surface area contributed by atoms with Gasteiger partial charge >= 0.3 is 0 Å². The third-order valence-corrected chi connectivity index (χ3v) is 4.41. The van der Waals surface area contributed by atoms with E-state index < -0.39 is 0 Å². The Hall–Kier alpha value is -2.63. The molecule has 2 aliphatic rings. The van der Waals surface area contributed by atoms with Crippen molar-refractivity contribution in [3.8, 4) is 0 Å². The third kappa shape index (κ3) is 2.40. The molecule has 1 aromatic heterocycles. The predicted molar refractivity (Wildman–Crippen MR) is 85.9 cm³/mol. The molecule has 0 fully saturated rings. The number of hydrogen-bond donors (Lipinski definition) is 2. The molecule has 2 atom stereocenters. The summed E-state index contributed by atoms with van der Waals surface area (Å²) in [6.07, 6.45) is 1.39. The van der Waals surface area contributed by atoms with Crippen LogP contribution in [0.1, 0.15) is 36.9 Å². The number of anilines is 2. The van der Waals surface area contributed by atoms with Crippen molar-refractivity contribution < 1.29 is 9.42 Å². The lowest BCUT2D eigenvalue weighted by Gasteiger charge is -2.27. The van der Waals surface area contributed by atoms with Crippen LogP contribution in [0.25, 0.3) is 0 Å². The zero-order valence-electron chi connectivity index (χ0n) is 13.1. The molecule has 2 aromatic rings. The Labute approximate surface area is 133 Å². The monoisotopic (exact) mass is 310 g/mol. The van der Waals surface area contributed by atoms with Crippen molar-refractivity contribution in [2.24, 2.45) is 5.92 Å². The number of allylic oxidation sites excluding steroid dienone is 1. The van der Waals surface area contributed by atoms with E-state index in [2.05, 4.69) is 33.9 Å². The first-order chi connectivity index (χ1) is 11.1. The van der Waals surface area contributed by atoms with Crippen LogP contribution in [0.4, 0.5) is 11.6 Å². The standard InChI is InChI=1S/C17H18N4O2/c1-9-4-3-5-11(6-9)15-14-12(7-10(2)8-13(14)22)18-16-17(19-15)21-23-20-16/h3-6,10,15H,7-8H2,1-2H3,(H,18,20)(H,19,21). The number of benzene rings is 1. The van der Waals surface area contributed by atoms with Gasteiger partial charge in [-0.1, -0.05) is 36.8 Å². The molecule has 1 aliphatic carbocycles. The molecule has 2 unspecified atom stereocenters. The average molecular weight is 310 g/mol. The van der Waals surface area contributed by atoms with E-state index in [4.69, 9.17) is 4.63 Å². The van der Waals surface area contributed by atoms with E-state index in [1.54, 1.807) is 0 Å². The number of aromatic nitrogens is 2. The number of carbonyl (C=O) groups is 1. The van der Waals surface area contributed by atoms with Gasteiger partial charge < -0.3 is 10.6 Å². The number of nitrogens with zero attached hydrogens (tertiary/aromatic N) is 2. The van der Waals surface area contributed by atoms with E-state index in [1.165, 1.54) is 0 Å². The van der Waals surface area contributed by atoms with Crippen molar-refractivity contribution in [2.75, 3.05) is 10.6 Å². The van der Waals surface area contributed by atoms with Crippen LogP contribution < -0.4 is 10.6 Å². The fourth-order valence-electron chi connectivity index (χ4n) is 3.40. The molecule has 4 rings (SSSR count). The van der Waals surface area contributed by atoms with E-state index in [0.717, 1.165) is 28.8 Å². The van der Waals surface area contributed by atoms with Crippen LogP contribution in [0.15, 0.2) is 40.2 Å². The second-order valence-corrected chi connectivity index (χ2v) is 6.41. The van der Waals surface area contributed by atoms with Gasteiger partial charge in [0.2, 0.25) is 11.6 Å². The molecule has 6 nitrogen and oxygen atoms in total. The number of ketones is 1. The highest BCUT2D eigenvalue weighted by Crippen LogP contribution is 2.40. The smallest absolute Gasteiger partial charge is 0.219 e. The molecular weight excluding hydrogens is 292 g/mol. The average Bonchev–Trinajstić information content (AvgIpc) is 2.86. The van der Waals surface area contributed by atoms with Gasteiger partial charge in [0, 0.05) is 17.7 Å². The lowest BCUT2D eigenvalue weighted by atomic mass is 9.82. The van der Waals surface area contributed by atoms with Gasteiger partial charge in [0.1, 0.15) is 0 Å². The molecule has 2 heterocycles. The Morgan fingerprint density at radius 2 is 2.04 bits per heavy atom. The van der Waals surface area contributed by atoms with Gasteiger partial charge in [-0.25, -0.2) is 4.63 Å². The van der Waals surface area contributed by atoms with Crippen molar-refractivity contribution >= 4 is 17.4 Å². The summed E-state index contributed by atoms with van der Waals surface area (Å²) >= 11 is 0. The van der Waals surface area contributed by atoms with Crippen molar-refractivity contribution in [3.63, 3.8) is 0 Å². The SMILES string of the molecule is Cc1cccc(C2Nc3nonc3NC3=C2C(=O)CC(C)C3)c1.